The van der Waals surface area contributed by atoms with Crippen molar-refractivity contribution < 1.29 is 9.53 Å². The predicted octanol–water partition coefficient (Wildman–Crippen LogP) is 4.77. The number of hydrogen-bond donors (Lipinski definition) is 2. The standard InChI is InChI=1S/C21H22N4O2/c1-14-7-9-18(12-15(14)2)27-20-10-8-17(13-23-20)25-21(26)24-16(3)19-6-4-5-11-22-19/h4-13,16H,1-3H3,(H2,24,25,26). The minimum atomic E-state index is -0.321. The smallest absolute Gasteiger partial charge is 0.319 e. The van der Waals surface area contributed by atoms with Crippen LogP contribution >= 0.6 is 0 Å². The van der Waals surface area contributed by atoms with Crippen molar-refractivity contribution in [1.82, 2.24) is 15.3 Å². The quantitative estimate of drug-likeness (QED) is 0.685. The molecule has 3 rings (SSSR count). The molecule has 1 atom stereocenters. The van der Waals surface area contributed by atoms with E-state index in [0.717, 1.165) is 17.0 Å². The molecule has 6 heteroatoms. The minimum absolute atomic E-state index is 0.202. The first-order chi connectivity index (χ1) is 13.0. The lowest BCUT2D eigenvalue weighted by Crippen LogP contribution is -2.31. The van der Waals surface area contributed by atoms with Crippen LogP contribution in [0.3, 0.4) is 0 Å². The van der Waals surface area contributed by atoms with Crippen molar-refractivity contribution >= 4 is 11.7 Å². The predicted molar refractivity (Wildman–Crippen MR) is 105 cm³/mol. The van der Waals surface area contributed by atoms with E-state index in [1.165, 1.54) is 5.56 Å². The molecular weight excluding hydrogens is 340 g/mol. The van der Waals surface area contributed by atoms with Crippen molar-refractivity contribution in [3.63, 3.8) is 0 Å². The lowest BCUT2D eigenvalue weighted by atomic mass is 10.1. The summed E-state index contributed by atoms with van der Waals surface area (Å²) in [7, 11) is 0. The van der Waals surface area contributed by atoms with Crippen LogP contribution in [0, 0.1) is 13.8 Å². The highest BCUT2D eigenvalue weighted by atomic mass is 16.5. The molecule has 2 heterocycles. The topological polar surface area (TPSA) is 76.1 Å². The first kappa shape index (κ1) is 18.4. The number of pyridine rings is 2. The number of anilines is 1. The van der Waals surface area contributed by atoms with Crippen molar-refractivity contribution in [2.45, 2.75) is 26.8 Å². The fourth-order valence-electron chi connectivity index (χ4n) is 2.48. The first-order valence-corrected chi connectivity index (χ1v) is 8.71. The average molecular weight is 362 g/mol. The molecule has 0 spiro atoms. The van der Waals surface area contributed by atoms with E-state index in [9.17, 15) is 4.79 Å². The molecule has 1 unspecified atom stereocenters. The number of carbonyl (C=O) groups excluding carboxylic acids is 1. The van der Waals surface area contributed by atoms with E-state index in [2.05, 4.69) is 27.5 Å². The number of nitrogens with one attached hydrogen (secondary N) is 2. The highest BCUT2D eigenvalue weighted by Gasteiger charge is 2.10. The second-order valence-corrected chi connectivity index (χ2v) is 6.31. The Morgan fingerprint density at radius 3 is 2.56 bits per heavy atom. The Hall–Kier alpha value is -3.41. The maximum atomic E-state index is 12.1. The average Bonchev–Trinajstić information content (AvgIpc) is 2.67. The molecule has 0 saturated carbocycles. The first-order valence-electron chi connectivity index (χ1n) is 8.71. The number of hydrogen-bond acceptors (Lipinski definition) is 4. The molecule has 6 nitrogen and oxygen atoms in total. The molecule has 0 fully saturated rings. The summed E-state index contributed by atoms with van der Waals surface area (Å²) in [5.74, 6) is 1.19. The summed E-state index contributed by atoms with van der Waals surface area (Å²) in [4.78, 5) is 20.6. The molecule has 1 aromatic carbocycles. The molecule has 0 bridgehead atoms. The third-order valence-electron chi connectivity index (χ3n) is 4.17. The maximum Gasteiger partial charge on any atom is 0.319 e. The van der Waals surface area contributed by atoms with Crippen molar-refractivity contribution in [3.8, 4) is 11.6 Å². The summed E-state index contributed by atoms with van der Waals surface area (Å²) in [6.07, 6.45) is 3.25. The lowest BCUT2D eigenvalue weighted by molar-refractivity contribution is 0.249. The summed E-state index contributed by atoms with van der Waals surface area (Å²) in [5.41, 5.74) is 3.74. The van der Waals surface area contributed by atoms with Gasteiger partial charge in [-0.15, -0.1) is 0 Å². The summed E-state index contributed by atoms with van der Waals surface area (Å²) in [6.45, 7) is 5.96. The van der Waals surface area contributed by atoms with Crippen LogP contribution in [-0.2, 0) is 0 Å². The molecule has 2 aromatic heterocycles. The normalized spacial score (nSPS) is 11.5. The van der Waals surface area contributed by atoms with Gasteiger partial charge in [0.15, 0.2) is 0 Å². The zero-order valence-corrected chi connectivity index (χ0v) is 15.6. The van der Waals surface area contributed by atoms with Gasteiger partial charge in [-0.1, -0.05) is 12.1 Å². The zero-order valence-electron chi connectivity index (χ0n) is 15.6. The molecule has 0 saturated heterocycles. The fourth-order valence-corrected chi connectivity index (χ4v) is 2.48. The fraction of sp³-hybridized carbons (Fsp3) is 0.190. The molecule has 0 aliphatic heterocycles. The molecule has 0 aliphatic rings. The number of nitrogens with zero attached hydrogens (tertiary/aromatic N) is 2. The molecule has 138 valence electrons. The number of aryl methyl sites for hydroxylation is 2. The Morgan fingerprint density at radius 1 is 1.04 bits per heavy atom. The summed E-state index contributed by atoms with van der Waals surface area (Å²) >= 11 is 0. The molecule has 27 heavy (non-hydrogen) atoms. The van der Waals surface area contributed by atoms with Crippen molar-refractivity contribution in [3.05, 3.63) is 77.7 Å². The van der Waals surface area contributed by atoms with E-state index >= 15 is 0 Å². The van der Waals surface area contributed by atoms with E-state index in [0.29, 0.717) is 11.6 Å². The van der Waals surface area contributed by atoms with E-state index in [1.807, 2.05) is 50.2 Å². The van der Waals surface area contributed by atoms with Crippen molar-refractivity contribution in [2.75, 3.05) is 5.32 Å². The second-order valence-electron chi connectivity index (χ2n) is 6.31. The maximum absolute atomic E-state index is 12.1. The Kier molecular flexibility index (Phi) is 5.66. The van der Waals surface area contributed by atoms with Gasteiger partial charge in [0, 0.05) is 12.3 Å². The van der Waals surface area contributed by atoms with Crippen molar-refractivity contribution in [2.24, 2.45) is 0 Å². The third-order valence-corrected chi connectivity index (χ3v) is 4.17. The van der Waals surface area contributed by atoms with Crippen LogP contribution in [0.2, 0.25) is 0 Å². The highest BCUT2D eigenvalue weighted by molar-refractivity contribution is 5.89. The summed E-state index contributed by atoms with van der Waals surface area (Å²) in [5, 5.41) is 5.59. The van der Waals surface area contributed by atoms with Gasteiger partial charge in [-0.2, -0.15) is 0 Å². The van der Waals surface area contributed by atoms with Gasteiger partial charge in [0.05, 0.1) is 23.6 Å². The van der Waals surface area contributed by atoms with Crippen LogP contribution in [0.15, 0.2) is 60.9 Å². The number of urea groups is 1. The lowest BCUT2D eigenvalue weighted by Gasteiger charge is -2.14. The van der Waals surface area contributed by atoms with Crippen LogP contribution < -0.4 is 15.4 Å². The van der Waals surface area contributed by atoms with Gasteiger partial charge in [-0.05, 0) is 62.2 Å². The highest BCUT2D eigenvalue weighted by Crippen LogP contribution is 2.23. The molecule has 3 aromatic rings. The molecule has 0 radical (unpaired) electrons. The van der Waals surface area contributed by atoms with Gasteiger partial charge >= 0.3 is 6.03 Å². The summed E-state index contributed by atoms with van der Waals surface area (Å²) < 4.78 is 5.75. The van der Waals surface area contributed by atoms with Gasteiger partial charge in [-0.3, -0.25) is 4.98 Å². The molecule has 2 N–H and O–H groups in total. The van der Waals surface area contributed by atoms with Gasteiger partial charge in [0.1, 0.15) is 5.75 Å². The van der Waals surface area contributed by atoms with E-state index in [4.69, 9.17) is 4.74 Å². The van der Waals surface area contributed by atoms with E-state index in [-0.39, 0.29) is 12.1 Å². The SMILES string of the molecule is Cc1ccc(Oc2ccc(NC(=O)NC(C)c3ccccn3)cn2)cc1C. The van der Waals surface area contributed by atoms with Gasteiger partial charge in [0.2, 0.25) is 5.88 Å². The monoisotopic (exact) mass is 362 g/mol. The van der Waals surface area contributed by atoms with Crippen LogP contribution in [0.5, 0.6) is 11.6 Å². The Morgan fingerprint density at radius 2 is 1.89 bits per heavy atom. The number of carbonyl (C=O) groups is 1. The molecule has 0 aliphatic carbocycles. The number of amides is 2. The number of ether oxygens (including phenoxy) is 1. The van der Waals surface area contributed by atoms with E-state index in [1.54, 1.807) is 24.5 Å². The van der Waals surface area contributed by atoms with Crippen molar-refractivity contribution in [1.29, 1.82) is 0 Å². The molecule has 2 amide bonds. The summed E-state index contributed by atoms with van der Waals surface area (Å²) in [6, 6.07) is 14.4. The van der Waals surface area contributed by atoms with Crippen LogP contribution in [-0.4, -0.2) is 16.0 Å². The van der Waals surface area contributed by atoms with Crippen LogP contribution in [0.4, 0.5) is 10.5 Å². The number of benzene rings is 1. The largest absolute Gasteiger partial charge is 0.439 e. The van der Waals surface area contributed by atoms with Crippen LogP contribution in [0.1, 0.15) is 29.8 Å². The Balaban J connectivity index is 1.57. The number of aromatic nitrogens is 2. The minimum Gasteiger partial charge on any atom is -0.439 e. The third kappa shape index (κ3) is 5.04. The second kappa shape index (κ2) is 8.31. The molecular formula is C21H22N4O2. The van der Waals surface area contributed by atoms with Gasteiger partial charge in [-0.25, -0.2) is 9.78 Å². The zero-order chi connectivity index (χ0) is 19.2. The van der Waals surface area contributed by atoms with Gasteiger partial charge < -0.3 is 15.4 Å². The Labute approximate surface area is 158 Å². The Bertz CT molecular complexity index is 911. The van der Waals surface area contributed by atoms with E-state index < -0.39 is 0 Å². The number of rotatable bonds is 5. The van der Waals surface area contributed by atoms with Gasteiger partial charge in [0.25, 0.3) is 0 Å². The van der Waals surface area contributed by atoms with Crippen LogP contribution in [0.25, 0.3) is 0 Å².